The fourth-order valence-corrected chi connectivity index (χ4v) is 3.52. The van der Waals surface area contributed by atoms with E-state index in [1.165, 1.54) is 6.08 Å². The Balaban J connectivity index is 1.63. The number of ether oxygens (including phenoxy) is 4. The summed E-state index contributed by atoms with van der Waals surface area (Å²) in [4.78, 5) is 11.7. The molecule has 33 heavy (non-hydrogen) atoms. The molecule has 1 atom stereocenters. The van der Waals surface area contributed by atoms with Crippen molar-refractivity contribution in [3.8, 4) is 17.2 Å². The zero-order valence-electron chi connectivity index (χ0n) is 19.2. The number of carbonyl (C=O) groups excluding carboxylic acids is 1. The van der Waals surface area contributed by atoms with E-state index in [0.717, 1.165) is 53.7 Å². The van der Waals surface area contributed by atoms with Gasteiger partial charge in [0.15, 0.2) is 0 Å². The second-order valence-electron chi connectivity index (χ2n) is 7.69. The molecule has 0 spiro atoms. The van der Waals surface area contributed by atoms with Gasteiger partial charge < -0.3 is 18.9 Å². The number of esters is 1. The van der Waals surface area contributed by atoms with Gasteiger partial charge >= 0.3 is 5.97 Å². The zero-order chi connectivity index (χ0) is 23.3. The van der Waals surface area contributed by atoms with E-state index >= 15 is 0 Å². The van der Waals surface area contributed by atoms with Gasteiger partial charge in [-0.2, -0.15) is 0 Å². The van der Waals surface area contributed by atoms with Gasteiger partial charge in [0.2, 0.25) is 0 Å². The van der Waals surface area contributed by atoms with Gasteiger partial charge in [0, 0.05) is 16.8 Å². The monoisotopic (exact) mass is 448 g/mol. The summed E-state index contributed by atoms with van der Waals surface area (Å²) in [5.74, 6) is 1.90. The third kappa shape index (κ3) is 7.56. The summed E-state index contributed by atoms with van der Waals surface area (Å²) >= 11 is 0. The molecule has 0 aliphatic heterocycles. The lowest BCUT2D eigenvalue weighted by Gasteiger charge is -2.19. The molecule has 0 saturated heterocycles. The van der Waals surface area contributed by atoms with Gasteiger partial charge in [-0.25, -0.2) is 4.79 Å². The molecule has 0 saturated carbocycles. The Labute approximate surface area is 195 Å². The van der Waals surface area contributed by atoms with Crippen molar-refractivity contribution in [2.75, 3.05) is 19.8 Å². The smallest absolute Gasteiger partial charge is 0.330 e. The molecule has 174 valence electrons. The maximum atomic E-state index is 11.7. The minimum Gasteiger partial charge on any atom is -0.490 e. The first kappa shape index (κ1) is 24.2. The third-order valence-corrected chi connectivity index (χ3v) is 5.20. The second kappa shape index (κ2) is 13.2. The van der Waals surface area contributed by atoms with Crippen molar-refractivity contribution in [1.82, 2.24) is 0 Å². The molecule has 5 nitrogen and oxygen atoms in total. The summed E-state index contributed by atoms with van der Waals surface area (Å²) in [5, 5.41) is 1.90. The molecule has 3 aromatic carbocycles. The Kier molecular flexibility index (Phi) is 9.64. The number of fused-ring (bicyclic) bond motifs is 1. The number of para-hydroxylation sites is 1. The average Bonchev–Trinajstić information content (AvgIpc) is 2.86. The van der Waals surface area contributed by atoms with Crippen LogP contribution in [-0.4, -0.2) is 31.9 Å². The van der Waals surface area contributed by atoms with Crippen LogP contribution in [0, 0.1) is 0 Å². The largest absolute Gasteiger partial charge is 0.490 e. The Morgan fingerprint density at radius 3 is 2.15 bits per heavy atom. The van der Waals surface area contributed by atoms with Gasteiger partial charge in [-0.05, 0) is 37.1 Å². The van der Waals surface area contributed by atoms with Gasteiger partial charge in [-0.15, -0.1) is 0 Å². The van der Waals surface area contributed by atoms with Crippen molar-refractivity contribution in [3.63, 3.8) is 0 Å². The molecular weight excluding hydrogens is 416 g/mol. The summed E-state index contributed by atoms with van der Waals surface area (Å²) in [6.07, 6.45) is 4.81. The average molecular weight is 449 g/mol. The van der Waals surface area contributed by atoms with Crippen LogP contribution in [-0.2, 0) is 9.53 Å². The Hall–Kier alpha value is -3.47. The normalized spacial score (nSPS) is 11.5. The Morgan fingerprint density at radius 1 is 0.848 bits per heavy atom. The van der Waals surface area contributed by atoms with E-state index in [1.807, 2.05) is 66.7 Å². The number of unbranched alkanes of at least 4 members (excludes halogenated alkanes) is 2. The predicted molar refractivity (Wildman–Crippen MR) is 131 cm³/mol. The molecule has 0 fully saturated rings. The number of rotatable bonds is 14. The molecular formula is C28H32O5. The van der Waals surface area contributed by atoms with Crippen LogP contribution in [0.2, 0.25) is 0 Å². The fraction of sp³-hybridized carbons (Fsp3) is 0.321. The maximum Gasteiger partial charge on any atom is 0.330 e. The molecule has 0 aliphatic carbocycles. The van der Waals surface area contributed by atoms with Gasteiger partial charge in [0.05, 0.1) is 0 Å². The van der Waals surface area contributed by atoms with Crippen molar-refractivity contribution in [1.29, 1.82) is 0 Å². The van der Waals surface area contributed by atoms with Crippen molar-refractivity contribution < 1.29 is 23.7 Å². The van der Waals surface area contributed by atoms with E-state index in [2.05, 4.69) is 13.5 Å². The van der Waals surface area contributed by atoms with E-state index in [1.54, 1.807) is 0 Å². The first-order valence-corrected chi connectivity index (χ1v) is 11.5. The van der Waals surface area contributed by atoms with E-state index in [-0.39, 0.29) is 6.10 Å². The molecule has 5 heteroatoms. The minimum absolute atomic E-state index is 0.290. The molecule has 0 N–H and O–H groups in total. The van der Waals surface area contributed by atoms with Crippen LogP contribution in [0.5, 0.6) is 17.2 Å². The molecule has 0 aliphatic rings. The van der Waals surface area contributed by atoms with Crippen LogP contribution in [0.25, 0.3) is 10.8 Å². The third-order valence-electron chi connectivity index (χ3n) is 5.20. The van der Waals surface area contributed by atoms with Crippen LogP contribution in [0.15, 0.2) is 79.4 Å². The lowest BCUT2D eigenvalue weighted by atomic mass is 10.1. The lowest BCUT2D eigenvalue weighted by Crippen LogP contribution is -2.24. The highest BCUT2D eigenvalue weighted by molar-refractivity contribution is 5.93. The summed E-state index contributed by atoms with van der Waals surface area (Å²) in [5.41, 5.74) is 0. The van der Waals surface area contributed by atoms with Gasteiger partial charge in [-0.3, -0.25) is 0 Å². The van der Waals surface area contributed by atoms with Crippen LogP contribution in [0.3, 0.4) is 0 Å². The molecule has 0 bridgehead atoms. The van der Waals surface area contributed by atoms with Crippen LogP contribution < -0.4 is 14.2 Å². The molecule has 0 radical (unpaired) electrons. The van der Waals surface area contributed by atoms with Gasteiger partial charge in [0.1, 0.15) is 43.2 Å². The highest BCUT2D eigenvalue weighted by Gasteiger charge is 2.15. The number of carbonyl (C=O) groups is 1. The lowest BCUT2D eigenvalue weighted by molar-refractivity contribution is -0.144. The molecule has 0 heterocycles. The summed E-state index contributed by atoms with van der Waals surface area (Å²) in [6.45, 7) is 6.80. The Bertz CT molecular complexity index is 1020. The van der Waals surface area contributed by atoms with E-state index in [9.17, 15) is 4.79 Å². The first-order valence-electron chi connectivity index (χ1n) is 11.5. The van der Waals surface area contributed by atoms with Crippen molar-refractivity contribution in [2.45, 2.75) is 38.7 Å². The molecule has 1 unspecified atom stereocenters. The summed E-state index contributed by atoms with van der Waals surface area (Å²) < 4.78 is 23.3. The maximum absolute atomic E-state index is 11.7. The van der Waals surface area contributed by atoms with Gasteiger partial charge in [0.25, 0.3) is 0 Å². The molecule has 0 amide bonds. The molecule has 3 aromatic rings. The quantitative estimate of drug-likeness (QED) is 0.163. The number of hydrogen-bond donors (Lipinski definition) is 0. The topological polar surface area (TPSA) is 54.0 Å². The minimum atomic E-state index is -0.425. The van der Waals surface area contributed by atoms with E-state index in [4.69, 9.17) is 18.9 Å². The second-order valence-corrected chi connectivity index (χ2v) is 7.69. The Morgan fingerprint density at radius 2 is 1.48 bits per heavy atom. The fourth-order valence-electron chi connectivity index (χ4n) is 3.52. The highest BCUT2D eigenvalue weighted by Crippen LogP contribution is 2.33. The zero-order valence-corrected chi connectivity index (χ0v) is 19.2. The number of hydrogen-bond acceptors (Lipinski definition) is 5. The van der Waals surface area contributed by atoms with Crippen molar-refractivity contribution in [3.05, 3.63) is 79.4 Å². The standard InChI is InChI=1S/C28H32O5/c1-3-5-7-14-23(33-28(29)4-2)21-32-27-18-17-26(24-15-10-11-16-25(24)27)31-20-19-30-22-12-8-6-9-13-22/h4,6,8-13,15-18,23H,2-3,5,7,14,19-21H2,1H3. The summed E-state index contributed by atoms with van der Waals surface area (Å²) in [6, 6.07) is 21.4. The predicted octanol–water partition coefficient (Wildman–Crippen LogP) is 6.35. The summed E-state index contributed by atoms with van der Waals surface area (Å²) in [7, 11) is 0. The van der Waals surface area contributed by atoms with E-state index < -0.39 is 5.97 Å². The first-order chi connectivity index (χ1) is 16.2. The van der Waals surface area contributed by atoms with Crippen LogP contribution in [0.4, 0.5) is 0 Å². The van der Waals surface area contributed by atoms with Crippen LogP contribution >= 0.6 is 0 Å². The number of benzene rings is 3. The van der Waals surface area contributed by atoms with Crippen LogP contribution in [0.1, 0.15) is 32.6 Å². The van der Waals surface area contributed by atoms with Crippen molar-refractivity contribution in [2.24, 2.45) is 0 Å². The SMILES string of the molecule is C=CC(=O)OC(CCCCC)COc1ccc(OCCOc2ccccc2)c2ccccc12. The van der Waals surface area contributed by atoms with Gasteiger partial charge in [-0.1, -0.05) is 68.8 Å². The highest BCUT2D eigenvalue weighted by atomic mass is 16.6. The van der Waals surface area contributed by atoms with Crippen molar-refractivity contribution >= 4 is 16.7 Å². The van der Waals surface area contributed by atoms with E-state index in [0.29, 0.717) is 19.8 Å². The molecule has 0 aromatic heterocycles. The molecule has 3 rings (SSSR count).